The van der Waals surface area contributed by atoms with Crippen LogP contribution in [-0.2, 0) is 19.7 Å². The van der Waals surface area contributed by atoms with E-state index in [-0.39, 0.29) is 5.92 Å². The molecule has 1 heterocycles. The van der Waals surface area contributed by atoms with Gasteiger partial charge in [-0.15, -0.1) is 0 Å². The van der Waals surface area contributed by atoms with Gasteiger partial charge < -0.3 is 15.2 Å². The third kappa shape index (κ3) is 5.80. The third-order valence-electron chi connectivity index (χ3n) is 3.77. The summed E-state index contributed by atoms with van der Waals surface area (Å²) >= 11 is 0. The van der Waals surface area contributed by atoms with Gasteiger partial charge in [0, 0.05) is 47.0 Å². The average molecular weight is 323 g/mol. The van der Waals surface area contributed by atoms with E-state index in [9.17, 15) is 8.42 Å². The largest absolute Gasteiger partial charge is 0.385 e. The lowest BCUT2D eigenvalue weighted by Crippen LogP contribution is -2.50. The van der Waals surface area contributed by atoms with Crippen LogP contribution in [0.2, 0.25) is 0 Å². The van der Waals surface area contributed by atoms with E-state index >= 15 is 0 Å². The number of methoxy groups -OCH3 is 2. The number of hydrogen-bond acceptors (Lipinski definition) is 5. The van der Waals surface area contributed by atoms with E-state index in [0.717, 1.165) is 12.8 Å². The molecule has 0 aromatic carbocycles. The Morgan fingerprint density at radius 3 is 2.57 bits per heavy atom. The summed E-state index contributed by atoms with van der Waals surface area (Å²) in [4.78, 5) is 0. The highest BCUT2D eigenvalue weighted by Crippen LogP contribution is 2.20. The molecule has 126 valence electrons. The fourth-order valence-corrected chi connectivity index (χ4v) is 4.26. The summed E-state index contributed by atoms with van der Waals surface area (Å²) in [7, 11) is -0.254. The van der Waals surface area contributed by atoms with Crippen molar-refractivity contribution in [2.45, 2.75) is 19.3 Å². The second-order valence-electron chi connectivity index (χ2n) is 5.35. The summed E-state index contributed by atoms with van der Waals surface area (Å²) in [5.74, 6) is 0.261. The Morgan fingerprint density at radius 2 is 1.95 bits per heavy atom. The zero-order valence-electron chi connectivity index (χ0n) is 13.2. The second-order valence-corrected chi connectivity index (χ2v) is 7.28. The van der Waals surface area contributed by atoms with Gasteiger partial charge in [-0.05, 0) is 31.7 Å². The van der Waals surface area contributed by atoms with Crippen molar-refractivity contribution in [2.75, 3.05) is 60.2 Å². The molecule has 7 nitrogen and oxygen atoms in total. The fourth-order valence-electron chi connectivity index (χ4n) is 2.51. The van der Waals surface area contributed by atoms with Crippen LogP contribution in [0.1, 0.15) is 19.3 Å². The first-order chi connectivity index (χ1) is 10.1. The Morgan fingerprint density at radius 1 is 1.24 bits per heavy atom. The molecule has 0 radical (unpaired) electrons. The normalized spacial score (nSPS) is 21.0. The smallest absolute Gasteiger partial charge is 0.282 e. The van der Waals surface area contributed by atoms with Gasteiger partial charge in [0.25, 0.3) is 10.2 Å². The molecule has 8 heteroatoms. The maximum absolute atomic E-state index is 12.8. The molecule has 1 saturated heterocycles. The summed E-state index contributed by atoms with van der Waals surface area (Å²) in [5, 5.41) is 0. The molecule has 1 unspecified atom stereocenters. The number of hydrogen-bond donors (Lipinski definition) is 1. The zero-order valence-corrected chi connectivity index (χ0v) is 14.0. The standard InChI is InChI=1S/C13H29N3O4S/c1-19-9-4-7-15(8-10-20-2)21(17,18)16-6-3-5-13(11-14)12-16/h13H,3-12,14H2,1-2H3. The van der Waals surface area contributed by atoms with E-state index in [1.807, 2.05) is 0 Å². The van der Waals surface area contributed by atoms with E-state index in [0.29, 0.717) is 52.4 Å². The molecular weight excluding hydrogens is 294 g/mol. The molecule has 0 aliphatic carbocycles. The van der Waals surface area contributed by atoms with Crippen LogP contribution in [-0.4, -0.2) is 77.2 Å². The Kier molecular flexibility index (Phi) is 8.69. The van der Waals surface area contributed by atoms with Gasteiger partial charge in [-0.1, -0.05) is 0 Å². The van der Waals surface area contributed by atoms with Crippen LogP contribution in [0, 0.1) is 5.92 Å². The van der Waals surface area contributed by atoms with Crippen LogP contribution in [0.3, 0.4) is 0 Å². The molecule has 1 fully saturated rings. The minimum atomic E-state index is -3.44. The summed E-state index contributed by atoms with van der Waals surface area (Å²) < 4.78 is 38.6. The van der Waals surface area contributed by atoms with Crippen LogP contribution in [0.4, 0.5) is 0 Å². The van der Waals surface area contributed by atoms with Gasteiger partial charge in [0.2, 0.25) is 0 Å². The van der Waals surface area contributed by atoms with Crippen molar-refractivity contribution in [1.29, 1.82) is 0 Å². The minimum absolute atomic E-state index is 0.261. The third-order valence-corrected chi connectivity index (χ3v) is 5.77. The van der Waals surface area contributed by atoms with Crippen LogP contribution < -0.4 is 5.73 Å². The van der Waals surface area contributed by atoms with Crippen molar-refractivity contribution in [2.24, 2.45) is 11.7 Å². The van der Waals surface area contributed by atoms with Crippen molar-refractivity contribution >= 4 is 10.2 Å². The molecule has 1 rings (SSSR count). The summed E-state index contributed by atoms with van der Waals surface area (Å²) in [6.07, 6.45) is 2.55. The van der Waals surface area contributed by atoms with Crippen molar-refractivity contribution in [3.05, 3.63) is 0 Å². The molecule has 0 bridgehead atoms. The van der Waals surface area contributed by atoms with E-state index in [1.54, 1.807) is 18.5 Å². The topological polar surface area (TPSA) is 85.1 Å². The van der Waals surface area contributed by atoms with Crippen LogP contribution in [0.5, 0.6) is 0 Å². The Balaban J connectivity index is 2.71. The van der Waals surface area contributed by atoms with Gasteiger partial charge in [-0.3, -0.25) is 0 Å². The second kappa shape index (κ2) is 9.70. The summed E-state index contributed by atoms with van der Waals surface area (Å²) in [5.41, 5.74) is 5.69. The minimum Gasteiger partial charge on any atom is -0.385 e. The molecular formula is C13H29N3O4S. The zero-order chi connectivity index (χ0) is 15.7. The van der Waals surface area contributed by atoms with Crippen LogP contribution >= 0.6 is 0 Å². The average Bonchev–Trinajstić information content (AvgIpc) is 2.50. The van der Waals surface area contributed by atoms with Crippen molar-refractivity contribution in [1.82, 2.24) is 8.61 Å². The van der Waals surface area contributed by atoms with Gasteiger partial charge in [0.05, 0.1) is 6.61 Å². The molecule has 1 atom stereocenters. The molecule has 1 aliphatic heterocycles. The first-order valence-corrected chi connectivity index (χ1v) is 8.89. The van der Waals surface area contributed by atoms with Gasteiger partial charge in [0.15, 0.2) is 0 Å². The predicted octanol–water partition coefficient (Wildman–Crippen LogP) is -0.113. The van der Waals surface area contributed by atoms with Crippen molar-refractivity contribution in [3.8, 4) is 0 Å². The number of rotatable bonds is 10. The molecule has 0 aromatic heterocycles. The molecule has 2 N–H and O–H groups in total. The first-order valence-electron chi connectivity index (χ1n) is 7.49. The van der Waals surface area contributed by atoms with Crippen molar-refractivity contribution < 1.29 is 17.9 Å². The summed E-state index contributed by atoms with van der Waals surface area (Å²) in [6, 6.07) is 0. The van der Waals surface area contributed by atoms with Crippen molar-refractivity contribution in [3.63, 3.8) is 0 Å². The Labute approximate surface area is 128 Å². The Bertz CT molecular complexity index is 378. The van der Waals surface area contributed by atoms with Crippen LogP contribution in [0.25, 0.3) is 0 Å². The maximum Gasteiger partial charge on any atom is 0.282 e. The van der Waals surface area contributed by atoms with E-state index < -0.39 is 10.2 Å². The lowest BCUT2D eigenvalue weighted by Gasteiger charge is -2.35. The molecule has 0 spiro atoms. The highest BCUT2D eigenvalue weighted by molar-refractivity contribution is 7.86. The monoisotopic (exact) mass is 323 g/mol. The highest BCUT2D eigenvalue weighted by atomic mass is 32.2. The van der Waals surface area contributed by atoms with Gasteiger partial charge in [0.1, 0.15) is 0 Å². The summed E-state index contributed by atoms with van der Waals surface area (Å²) in [6.45, 7) is 3.38. The van der Waals surface area contributed by atoms with E-state index in [1.165, 1.54) is 4.31 Å². The lowest BCUT2D eigenvalue weighted by atomic mass is 10.0. The molecule has 1 aliphatic rings. The quantitative estimate of drug-likeness (QED) is 0.567. The van der Waals surface area contributed by atoms with E-state index in [4.69, 9.17) is 15.2 Å². The highest BCUT2D eigenvalue weighted by Gasteiger charge is 2.32. The maximum atomic E-state index is 12.8. The molecule has 0 amide bonds. The number of ether oxygens (including phenoxy) is 2. The molecule has 0 aromatic rings. The number of nitrogens with two attached hydrogens (primary N) is 1. The van der Waals surface area contributed by atoms with Crippen LogP contribution in [0.15, 0.2) is 0 Å². The lowest BCUT2D eigenvalue weighted by molar-refractivity contribution is 0.158. The number of nitrogens with zero attached hydrogens (tertiary/aromatic N) is 2. The van der Waals surface area contributed by atoms with Gasteiger partial charge in [-0.25, -0.2) is 0 Å². The van der Waals surface area contributed by atoms with Gasteiger partial charge >= 0.3 is 0 Å². The number of piperidine rings is 1. The Hall–Kier alpha value is -0.250. The first kappa shape index (κ1) is 18.8. The van der Waals surface area contributed by atoms with Gasteiger partial charge in [-0.2, -0.15) is 17.0 Å². The predicted molar refractivity (Wildman–Crippen MR) is 82.2 cm³/mol. The fraction of sp³-hybridized carbons (Fsp3) is 1.00. The molecule has 21 heavy (non-hydrogen) atoms. The SMILES string of the molecule is COCCCN(CCOC)S(=O)(=O)N1CCCC(CN)C1. The molecule has 0 saturated carbocycles. The van der Waals surface area contributed by atoms with E-state index in [2.05, 4.69) is 0 Å².